The number of nitrogens with zero attached hydrogens (tertiary/aromatic N) is 1. The molecule has 1 aromatic carbocycles. The molecule has 0 bridgehead atoms. The Labute approximate surface area is 139 Å². The van der Waals surface area contributed by atoms with Gasteiger partial charge in [-0.2, -0.15) is 0 Å². The third kappa shape index (κ3) is 7.22. The minimum atomic E-state index is -2.97. The van der Waals surface area contributed by atoms with E-state index in [1.165, 1.54) is 12.3 Å². The van der Waals surface area contributed by atoms with E-state index in [4.69, 9.17) is 0 Å². The maximum Gasteiger partial charge on any atom is 0.191 e. The molecule has 5 nitrogen and oxygen atoms in total. The first-order valence-electron chi connectivity index (χ1n) is 6.80. The lowest BCUT2D eigenvalue weighted by Crippen LogP contribution is -2.42. The molecule has 0 radical (unpaired) electrons. The van der Waals surface area contributed by atoms with Gasteiger partial charge >= 0.3 is 0 Å². The van der Waals surface area contributed by atoms with Crippen LogP contribution in [0.25, 0.3) is 0 Å². The Morgan fingerprint density at radius 3 is 2.68 bits per heavy atom. The molecule has 0 aliphatic carbocycles. The lowest BCUT2D eigenvalue weighted by molar-refractivity contribution is 0.581. The minimum Gasteiger partial charge on any atom is -0.354 e. The Hall–Kier alpha value is -1.15. The van der Waals surface area contributed by atoms with Crippen LogP contribution in [0.2, 0.25) is 0 Å². The van der Waals surface area contributed by atoms with E-state index >= 15 is 0 Å². The summed E-state index contributed by atoms with van der Waals surface area (Å²) >= 11 is 3.11. The van der Waals surface area contributed by atoms with Crippen molar-refractivity contribution >= 4 is 31.7 Å². The zero-order valence-corrected chi connectivity index (χ0v) is 15.3. The van der Waals surface area contributed by atoms with E-state index in [1.807, 2.05) is 6.92 Å². The Kier molecular flexibility index (Phi) is 7.28. The van der Waals surface area contributed by atoms with Gasteiger partial charge in [-0.15, -0.1) is 0 Å². The molecule has 2 N–H and O–H groups in total. The van der Waals surface area contributed by atoms with Crippen molar-refractivity contribution in [2.45, 2.75) is 25.9 Å². The normalized spacial score (nSPS) is 13.8. The third-order valence-electron chi connectivity index (χ3n) is 2.97. The van der Waals surface area contributed by atoms with Crippen LogP contribution >= 0.6 is 15.9 Å². The first-order chi connectivity index (χ1) is 10.2. The predicted octanol–water partition coefficient (Wildman–Crippen LogP) is 2.08. The number of rotatable bonds is 6. The Morgan fingerprint density at radius 2 is 2.14 bits per heavy atom. The summed E-state index contributed by atoms with van der Waals surface area (Å²) in [5.41, 5.74) is 0.785. The van der Waals surface area contributed by atoms with Crippen LogP contribution in [0.5, 0.6) is 0 Å². The SMILES string of the molecule is CN=C(NCc1ccc(Br)c(F)c1)NC(C)CCS(C)(=O)=O. The Balaban J connectivity index is 2.50. The second-order valence-electron chi connectivity index (χ2n) is 5.14. The molecule has 1 atom stereocenters. The molecule has 22 heavy (non-hydrogen) atoms. The van der Waals surface area contributed by atoms with Crippen LogP contribution in [-0.2, 0) is 16.4 Å². The lowest BCUT2D eigenvalue weighted by atomic mass is 10.2. The van der Waals surface area contributed by atoms with Crippen molar-refractivity contribution in [2.24, 2.45) is 4.99 Å². The second-order valence-corrected chi connectivity index (χ2v) is 8.25. The largest absolute Gasteiger partial charge is 0.354 e. The Morgan fingerprint density at radius 1 is 1.45 bits per heavy atom. The molecule has 1 unspecified atom stereocenters. The fourth-order valence-corrected chi connectivity index (χ4v) is 2.75. The van der Waals surface area contributed by atoms with E-state index in [0.717, 1.165) is 5.56 Å². The molecule has 1 aromatic rings. The molecule has 0 saturated heterocycles. The van der Waals surface area contributed by atoms with Gasteiger partial charge < -0.3 is 10.6 Å². The van der Waals surface area contributed by atoms with Gasteiger partial charge in [-0.3, -0.25) is 4.99 Å². The van der Waals surface area contributed by atoms with Gasteiger partial charge in [-0.25, -0.2) is 12.8 Å². The summed E-state index contributed by atoms with van der Waals surface area (Å²) in [4.78, 5) is 4.07. The quantitative estimate of drug-likeness (QED) is 0.573. The number of hydrogen-bond donors (Lipinski definition) is 2. The summed E-state index contributed by atoms with van der Waals surface area (Å²) in [6.07, 6.45) is 1.71. The number of aliphatic imine (C=N–C) groups is 1. The number of halogens is 2. The van der Waals surface area contributed by atoms with Crippen molar-refractivity contribution in [3.05, 3.63) is 34.1 Å². The second kappa shape index (κ2) is 8.47. The van der Waals surface area contributed by atoms with E-state index in [0.29, 0.717) is 23.4 Å². The highest BCUT2D eigenvalue weighted by molar-refractivity contribution is 9.10. The first-order valence-corrected chi connectivity index (χ1v) is 9.65. The van der Waals surface area contributed by atoms with Crippen LogP contribution in [0, 0.1) is 5.82 Å². The topological polar surface area (TPSA) is 70.6 Å². The van der Waals surface area contributed by atoms with Gasteiger partial charge in [-0.05, 0) is 47.0 Å². The monoisotopic (exact) mass is 393 g/mol. The fourth-order valence-electron chi connectivity index (χ4n) is 1.73. The summed E-state index contributed by atoms with van der Waals surface area (Å²) in [6, 6.07) is 4.86. The van der Waals surface area contributed by atoms with E-state index < -0.39 is 9.84 Å². The number of benzene rings is 1. The highest BCUT2D eigenvalue weighted by Crippen LogP contribution is 2.16. The van der Waals surface area contributed by atoms with Crippen LogP contribution < -0.4 is 10.6 Å². The standard InChI is InChI=1S/C14H21BrFN3O2S/c1-10(6-7-22(3,20)21)19-14(17-2)18-9-11-4-5-12(15)13(16)8-11/h4-5,8,10H,6-7,9H2,1-3H3,(H2,17,18,19). The van der Waals surface area contributed by atoms with Crippen LogP contribution in [0.3, 0.4) is 0 Å². The predicted molar refractivity (Wildman–Crippen MR) is 91.2 cm³/mol. The van der Waals surface area contributed by atoms with Crippen LogP contribution in [0.1, 0.15) is 18.9 Å². The highest BCUT2D eigenvalue weighted by Gasteiger charge is 2.09. The molecule has 0 fully saturated rings. The van der Waals surface area contributed by atoms with Gasteiger partial charge in [0.25, 0.3) is 0 Å². The van der Waals surface area contributed by atoms with E-state index in [2.05, 4.69) is 31.6 Å². The summed E-state index contributed by atoms with van der Waals surface area (Å²) in [7, 11) is -1.35. The average Bonchev–Trinajstić information content (AvgIpc) is 2.44. The summed E-state index contributed by atoms with van der Waals surface area (Å²) < 4.78 is 36.2. The summed E-state index contributed by atoms with van der Waals surface area (Å²) in [6.45, 7) is 2.31. The smallest absolute Gasteiger partial charge is 0.191 e. The highest BCUT2D eigenvalue weighted by atomic mass is 79.9. The molecular formula is C14H21BrFN3O2S. The Bertz CT molecular complexity index is 635. The molecule has 0 saturated carbocycles. The third-order valence-corrected chi connectivity index (χ3v) is 4.59. The van der Waals surface area contributed by atoms with Crippen molar-refractivity contribution in [3.63, 3.8) is 0 Å². The van der Waals surface area contributed by atoms with Gasteiger partial charge in [0.1, 0.15) is 15.7 Å². The van der Waals surface area contributed by atoms with Gasteiger partial charge in [0.2, 0.25) is 0 Å². The molecule has 8 heteroatoms. The molecule has 0 aromatic heterocycles. The molecule has 0 aliphatic rings. The minimum absolute atomic E-state index is 0.0393. The molecule has 0 amide bonds. The van der Waals surface area contributed by atoms with E-state index in [1.54, 1.807) is 19.2 Å². The van der Waals surface area contributed by atoms with Gasteiger partial charge in [0.05, 0.1) is 10.2 Å². The van der Waals surface area contributed by atoms with Gasteiger partial charge in [0.15, 0.2) is 5.96 Å². The molecule has 0 heterocycles. The van der Waals surface area contributed by atoms with Gasteiger partial charge in [0, 0.05) is 25.9 Å². The molecule has 1 rings (SSSR count). The van der Waals surface area contributed by atoms with Gasteiger partial charge in [-0.1, -0.05) is 6.07 Å². The zero-order chi connectivity index (χ0) is 16.8. The van der Waals surface area contributed by atoms with Crippen LogP contribution in [0.15, 0.2) is 27.7 Å². The summed E-state index contributed by atoms with van der Waals surface area (Å²) in [5.74, 6) is 0.351. The van der Waals surface area contributed by atoms with Crippen LogP contribution in [0.4, 0.5) is 4.39 Å². The maximum absolute atomic E-state index is 13.4. The lowest BCUT2D eigenvalue weighted by Gasteiger charge is -2.17. The summed E-state index contributed by atoms with van der Waals surface area (Å²) in [5, 5.41) is 6.17. The number of hydrogen-bond acceptors (Lipinski definition) is 3. The number of nitrogens with one attached hydrogen (secondary N) is 2. The molecule has 0 aliphatic heterocycles. The van der Waals surface area contributed by atoms with Crippen molar-refractivity contribution < 1.29 is 12.8 Å². The number of sulfone groups is 1. The molecule has 0 spiro atoms. The number of guanidine groups is 1. The van der Waals surface area contributed by atoms with Crippen LogP contribution in [-0.4, -0.2) is 39.5 Å². The average molecular weight is 394 g/mol. The maximum atomic E-state index is 13.4. The first kappa shape index (κ1) is 18.9. The van der Waals surface area contributed by atoms with Crippen molar-refractivity contribution in [1.82, 2.24) is 10.6 Å². The van der Waals surface area contributed by atoms with Crippen molar-refractivity contribution in [1.29, 1.82) is 0 Å². The molecule has 124 valence electrons. The zero-order valence-electron chi connectivity index (χ0n) is 12.9. The van der Waals surface area contributed by atoms with E-state index in [9.17, 15) is 12.8 Å². The molecular weight excluding hydrogens is 373 g/mol. The van der Waals surface area contributed by atoms with Crippen molar-refractivity contribution in [3.8, 4) is 0 Å². The fraction of sp³-hybridized carbons (Fsp3) is 0.500. The van der Waals surface area contributed by atoms with E-state index in [-0.39, 0.29) is 17.6 Å². The van der Waals surface area contributed by atoms with Crippen molar-refractivity contribution in [2.75, 3.05) is 19.1 Å².